The third-order valence-corrected chi connectivity index (χ3v) is 4.59. The van der Waals surface area contributed by atoms with Gasteiger partial charge >= 0.3 is 0 Å². The number of halogens is 1. The number of rotatable bonds is 4. The molecule has 2 rings (SSSR count). The van der Waals surface area contributed by atoms with E-state index in [9.17, 15) is 4.39 Å². The van der Waals surface area contributed by atoms with Crippen LogP contribution in [0.25, 0.3) is 0 Å². The van der Waals surface area contributed by atoms with Gasteiger partial charge in [0.1, 0.15) is 5.82 Å². The van der Waals surface area contributed by atoms with Crippen LogP contribution in [0.2, 0.25) is 0 Å². The van der Waals surface area contributed by atoms with Gasteiger partial charge in [0.25, 0.3) is 0 Å². The Morgan fingerprint density at radius 2 is 2.22 bits per heavy atom. The smallest absolute Gasteiger partial charge is 0.123 e. The fourth-order valence-corrected chi connectivity index (χ4v) is 3.57. The molecule has 0 spiro atoms. The maximum Gasteiger partial charge on any atom is 0.123 e. The van der Waals surface area contributed by atoms with Crippen LogP contribution in [0.4, 0.5) is 4.39 Å². The highest BCUT2D eigenvalue weighted by molar-refractivity contribution is 5.24. The molecule has 1 fully saturated rings. The Kier molecular flexibility index (Phi) is 4.39. The quantitative estimate of drug-likeness (QED) is 0.847. The van der Waals surface area contributed by atoms with Crippen LogP contribution >= 0.6 is 0 Å². The normalized spacial score (nSPS) is 28.3. The predicted molar refractivity (Wildman–Crippen MR) is 74.3 cm³/mol. The Morgan fingerprint density at radius 1 is 1.39 bits per heavy atom. The molecule has 18 heavy (non-hydrogen) atoms. The lowest BCUT2D eigenvalue weighted by Gasteiger charge is -2.44. The Hall–Kier alpha value is -0.890. The van der Waals surface area contributed by atoms with Crippen LogP contribution in [0, 0.1) is 11.2 Å². The van der Waals surface area contributed by atoms with E-state index < -0.39 is 0 Å². The molecule has 2 atom stereocenters. The highest BCUT2D eigenvalue weighted by atomic mass is 19.1. The van der Waals surface area contributed by atoms with Gasteiger partial charge in [-0.15, -0.1) is 0 Å². The highest BCUT2D eigenvalue weighted by Gasteiger charge is 2.39. The van der Waals surface area contributed by atoms with Crippen molar-refractivity contribution in [2.45, 2.75) is 45.4 Å². The number of hydrogen-bond donors (Lipinski definition) is 1. The molecule has 1 aromatic carbocycles. The molecule has 1 nitrogen and oxygen atoms in total. The Labute approximate surface area is 110 Å². The standard InChI is InChI=1S/C16H24FN/c1-3-8-16(4-2)9-10-18-12-15(16)13-6-5-7-14(17)11-13/h5-7,11,15,18H,3-4,8-10,12H2,1-2H3. The van der Waals surface area contributed by atoms with Crippen LogP contribution in [0.5, 0.6) is 0 Å². The Bertz CT molecular complexity index is 386. The number of piperidine rings is 1. The van der Waals surface area contributed by atoms with E-state index in [1.165, 1.54) is 31.7 Å². The summed E-state index contributed by atoms with van der Waals surface area (Å²) in [6.07, 6.45) is 4.84. The average Bonchev–Trinajstić information content (AvgIpc) is 2.39. The largest absolute Gasteiger partial charge is 0.316 e. The second kappa shape index (κ2) is 5.83. The molecule has 0 aromatic heterocycles. The summed E-state index contributed by atoms with van der Waals surface area (Å²) in [5.41, 5.74) is 1.52. The van der Waals surface area contributed by atoms with Crippen LogP contribution in [0.15, 0.2) is 24.3 Å². The molecule has 0 aliphatic carbocycles. The minimum atomic E-state index is -0.112. The lowest BCUT2D eigenvalue weighted by molar-refractivity contribution is 0.139. The molecular weight excluding hydrogens is 225 g/mol. The number of benzene rings is 1. The highest BCUT2D eigenvalue weighted by Crippen LogP contribution is 2.47. The van der Waals surface area contributed by atoms with Gasteiger partial charge in [-0.2, -0.15) is 0 Å². The summed E-state index contributed by atoms with van der Waals surface area (Å²) in [5.74, 6) is 0.339. The second-order valence-corrected chi connectivity index (χ2v) is 5.53. The number of hydrogen-bond acceptors (Lipinski definition) is 1. The van der Waals surface area contributed by atoms with Crippen LogP contribution < -0.4 is 5.32 Å². The first-order chi connectivity index (χ1) is 8.72. The first kappa shape index (κ1) is 13.5. The minimum absolute atomic E-state index is 0.112. The van der Waals surface area contributed by atoms with Crippen molar-refractivity contribution in [3.05, 3.63) is 35.6 Å². The van der Waals surface area contributed by atoms with Gasteiger partial charge in [-0.25, -0.2) is 4.39 Å². The summed E-state index contributed by atoms with van der Waals surface area (Å²) in [7, 11) is 0. The maximum absolute atomic E-state index is 13.4. The fraction of sp³-hybridized carbons (Fsp3) is 0.625. The van der Waals surface area contributed by atoms with Crippen LogP contribution in [-0.4, -0.2) is 13.1 Å². The lowest BCUT2D eigenvalue weighted by Crippen LogP contribution is -2.43. The SMILES string of the molecule is CCCC1(CC)CCNCC1c1cccc(F)c1. The van der Waals surface area contributed by atoms with Gasteiger partial charge in [-0.1, -0.05) is 32.4 Å². The van der Waals surface area contributed by atoms with E-state index in [0.29, 0.717) is 11.3 Å². The van der Waals surface area contributed by atoms with Crippen LogP contribution in [-0.2, 0) is 0 Å². The van der Waals surface area contributed by atoms with Crippen molar-refractivity contribution in [1.29, 1.82) is 0 Å². The average molecular weight is 249 g/mol. The van der Waals surface area contributed by atoms with E-state index in [4.69, 9.17) is 0 Å². The molecule has 1 aliphatic rings. The van der Waals surface area contributed by atoms with E-state index in [1.54, 1.807) is 6.07 Å². The molecule has 0 bridgehead atoms. The van der Waals surface area contributed by atoms with Crippen molar-refractivity contribution in [1.82, 2.24) is 5.32 Å². The molecule has 0 amide bonds. The molecule has 1 N–H and O–H groups in total. The van der Waals surface area contributed by atoms with Gasteiger partial charge in [0.15, 0.2) is 0 Å². The van der Waals surface area contributed by atoms with E-state index in [0.717, 1.165) is 18.7 Å². The lowest BCUT2D eigenvalue weighted by atomic mass is 9.64. The summed E-state index contributed by atoms with van der Waals surface area (Å²) >= 11 is 0. The van der Waals surface area contributed by atoms with E-state index >= 15 is 0 Å². The van der Waals surface area contributed by atoms with Crippen molar-refractivity contribution >= 4 is 0 Å². The molecule has 1 aliphatic heterocycles. The Balaban J connectivity index is 2.32. The zero-order chi connectivity index (χ0) is 13.0. The molecule has 1 saturated heterocycles. The minimum Gasteiger partial charge on any atom is -0.316 e. The summed E-state index contributed by atoms with van der Waals surface area (Å²) < 4.78 is 13.4. The van der Waals surface area contributed by atoms with Gasteiger partial charge in [0.2, 0.25) is 0 Å². The van der Waals surface area contributed by atoms with Crippen LogP contribution in [0.1, 0.15) is 51.0 Å². The summed E-state index contributed by atoms with van der Waals surface area (Å²) in [6, 6.07) is 7.18. The first-order valence-corrected chi connectivity index (χ1v) is 7.18. The van der Waals surface area contributed by atoms with Gasteiger partial charge < -0.3 is 5.32 Å². The third-order valence-electron chi connectivity index (χ3n) is 4.59. The van der Waals surface area contributed by atoms with E-state index in [1.807, 2.05) is 6.07 Å². The molecule has 2 unspecified atom stereocenters. The van der Waals surface area contributed by atoms with Gasteiger partial charge in [0.05, 0.1) is 0 Å². The molecule has 0 saturated carbocycles. The number of nitrogens with one attached hydrogen (secondary N) is 1. The zero-order valence-electron chi connectivity index (χ0n) is 11.5. The summed E-state index contributed by atoms with van der Waals surface area (Å²) in [6.45, 7) is 6.62. The zero-order valence-corrected chi connectivity index (χ0v) is 11.5. The van der Waals surface area contributed by atoms with Crippen molar-refractivity contribution < 1.29 is 4.39 Å². The second-order valence-electron chi connectivity index (χ2n) is 5.53. The van der Waals surface area contributed by atoms with Crippen LogP contribution in [0.3, 0.4) is 0 Å². The van der Waals surface area contributed by atoms with Crippen molar-refractivity contribution in [2.24, 2.45) is 5.41 Å². The van der Waals surface area contributed by atoms with Gasteiger partial charge in [-0.3, -0.25) is 0 Å². The van der Waals surface area contributed by atoms with E-state index in [-0.39, 0.29) is 5.82 Å². The monoisotopic (exact) mass is 249 g/mol. The summed E-state index contributed by atoms with van der Waals surface area (Å²) in [4.78, 5) is 0. The predicted octanol–water partition coefficient (Wildman–Crippen LogP) is 4.10. The molecule has 0 radical (unpaired) electrons. The van der Waals surface area contributed by atoms with Gasteiger partial charge in [-0.05, 0) is 48.9 Å². The summed E-state index contributed by atoms with van der Waals surface area (Å²) in [5, 5.41) is 3.48. The van der Waals surface area contributed by atoms with Crippen molar-refractivity contribution in [3.8, 4) is 0 Å². The molecule has 1 heterocycles. The molecule has 100 valence electrons. The van der Waals surface area contributed by atoms with Gasteiger partial charge in [0, 0.05) is 12.5 Å². The fourth-order valence-electron chi connectivity index (χ4n) is 3.57. The maximum atomic E-state index is 13.4. The topological polar surface area (TPSA) is 12.0 Å². The van der Waals surface area contributed by atoms with Crippen molar-refractivity contribution in [2.75, 3.05) is 13.1 Å². The van der Waals surface area contributed by atoms with E-state index in [2.05, 4.69) is 25.2 Å². The first-order valence-electron chi connectivity index (χ1n) is 7.18. The Morgan fingerprint density at radius 3 is 2.89 bits per heavy atom. The molecular formula is C16H24FN. The molecule has 1 aromatic rings. The molecule has 2 heteroatoms. The van der Waals surface area contributed by atoms with Crippen molar-refractivity contribution in [3.63, 3.8) is 0 Å². The third kappa shape index (κ3) is 2.59.